The molecule has 4 heteroatoms. The maximum Gasteiger partial charge on any atom is 0.320 e. The van der Waals surface area contributed by atoms with Gasteiger partial charge in [-0.15, -0.1) is 0 Å². The van der Waals surface area contributed by atoms with Gasteiger partial charge in [0.2, 0.25) is 0 Å². The molecule has 172 valence electrons. The Morgan fingerprint density at radius 2 is 1.33 bits per heavy atom. The predicted octanol–water partition coefficient (Wildman–Crippen LogP) is 5.41. The van der Waals surface area contributed by atoms with Crippen molar-refractivity contribution in [2.24, 2.45) is 0 Å². The van der Waals surface area contributed by atoms with Crippen LogP contribution in [0.1, 0.15) is 36.0 Å². The first-order valence-corrected chi connectivity index (χ1v) is 11.9. The summed E-state index contributed by atoms with van der Waals surface area (Å²) in [5.74, 6) is -0.180. The highest BCUT2D eigenvalue weighted by molar-refractivity contribution is 5.71. The first kappa shape index (κ1) is 23.2. The third-order valence-electron chi connectivity index (χ3n) is 6.30. The standard InChI is InChI=1S/C29H33NO3/c31-29(33-23-26-15-8-3-9-16-26)21-30(20-19-24-11-4-1-5-12-24)27-17-10-18-28(27)32-22-25-13-6-2-7-14-25/h1-9,11-16,27-28H,10,17-23H2/t27-,28-/m0/s1. The van der Waals surface area contributed by atoms with Crippen LogP contribution in [0.2, 0.25) is 0 Å². The third-order valence-corrected chi connectivity index (χ3v) is 6.30. The summed E-state index contributed by atoms with van der Waals surface area (Å²) in [5, 5.41) is 0. The minimum absolute atomic E-state index is 0.128. The van der Waals surface area contributed by atoms with Crippen molar-refractivity contribution in [3.05, 3.63) is 108 Å². The van der Waals surface area contributed by atoms with E-state index in [9.17, 15) is 4.79 Å². The van der Waals surface area contributed by atoms with Crippen molar-refractivity contribution in [1.29, 1.82) is 0 Å². The molecule has 0 aliphatic heterocycles. The number of carbonyl (C=O) groups excluding carboxylic acids is 1. The van der Waals surface area contributed by atoms with Gasteiger partial charge >= 0.3 is 5.97 Å². The van der Waals surface area contributed by atoms with E-state index in [2.05, 4.69) is 41.3 Å². The monoisotopic (exact) mass is 443 g/mol. The van der Waals surface area contributed by atoms with Crippen molar-refractivity contribution in [3.63, 3.8) is 0 Å². The van der Waals surface area contributed by atoms with Gasteiger partial charge in [0, 0.05) is 12.6 Å². The first-order valence-electron chi connectivity index (χ1n) is 11.9. The molecule has 1 saturated carbocycles. The Morgan fingerprint density at radius 3 is 1.97 bits per heavy atom. The summed E-state index contributed by atoms with van der Waals surface area (Å²) in [6.45, 7) is 2.01. The van der Waals surface area contributed by atoms with Gasteiger partial charge in [0.05, 0.1) is 19.3 Å². The molecule has 0 N–H and O–H groups in total. The van der Waals surface area contributed by atoms with Crippen molar-refractivity contribution in [3.8, 4) is 0 Å². The second-order valence-electron chi connectivity index (χ2n) is 8.69. The van der Waals surface area contributed by atoms with Crippen molar-refractivity contribution in [2.45, 2.75) is 51.0 Å². The second kappa shape index (κ2) is 12.3. The van der Waals surface area contributed by atoms with Crippen molar-refractivity contribution < 1.29 is 14.3 Å². The van der Waals surface area contributed by atoms with Crippen LogP contribution < -0.4 is 0 Å². The van der Waals surface area contributed by atoms with Crippen molar-refractivity contribution in [1.82, 2.24) is 4.90 Å². The van der Waals surface area contributed by atoms with Crippen LogP contribution in [-0.4, -0.2) is 36.1 Å². The number of benzene rings is 3. The first-order chi connectivity index (χ1) is 16.3. The van der Waals surface area contributed by atoms with Gasteiger partial charge in [-0.25, -0.2) is 0 Å². The number of carbonyl (C=O) groups is 1. The van der Waals surface area contributed by atoms with Crippen LogP contribution in [0.5, 0.6) is 0 Å². The SMILES string of the molecule is O=C(CN(CCc1ccccc1)[C@H]1CCC[C@@H]1OCc1ccccc1)OCc1ccccc1. The van der Waals surface area contributed by atoms with Gasteiger partial charge in [-0.1, -0.05) is 91.0 Å². The minimum Gasteiger partial charge on any atom is -0.460 e. The molecule has 2 atom stereocenters. The van der Waals surface area contributed by atoms with Crippen LogP contribution in [0.4, 0.5) is 0 Å². The zero-order valence-corrected chi connectivity index (χ0v) is 19.1. The zero-order chi connectivity index (χ0) is 22.7. The molecular formula is C29H33NO3. The van der Waals surface area contributed by atoms with Crippen LogP contribution in [0.25, 0.3) is 0 Å². The van der Waals surface area contributed by atoms with Gasteiger partial charge in [0.25, 0.3) is 0 Å². The molecule has 1 fully saturated rings. The molecule has 0 aromatic heterocycles. The van der Waals surface area contributed by atoms with Gasteiger partial charge in [0.15, 0.2) is 0 Å². The predicted molar refractivity (Wildman–Crippen MR) is 131 cm³/mol. The molecule has 0 unspecified atom stereocenters. The lowest BCUT2D eigenvalue weighted by molar-refractivity contribution is -0.147. The molecule has 0 spiro atoms. The van der Waals surface area contributed by atoms with Crippen molar-refractivity contribution in [2.75, 3.05) is 13.1 Å². The van der Waals surface area contributed by atoms with E-state index in [0.717, 1.165) is 37.8 Å². The highest BCUT2D eigenvalue weighted by atomic mass is 16.5. The van der Waals surface area contributed by atoms with E-state index in [4.69, 9.17) is 9.47 Å². The number of hydrogen-bond acceptors (Lipinski definition) is 4. The molecule has 0 bridgehead atoms. The number of hydrogen-bond donors (Lipinski definition) is 0. The Morgan fingerprint density at radius 1 is 0.758 bits per heavy atom. The van der Waals surface area contributed by atoms with E-state index >= 15 is 0 Å². The Balaban J connectivity index is 1.38. The fourth-order valence-electron chi connectivity index (χ4n) is 4.53. The van der Waals surface area contributed by atoms with Crippen molar-refractivity contribution >= 4 is 5.97 Å². The molecule has 4 rings (SSSR count). The average molecular weight is 444 g/mol. The topological polar surface area (TPSA) is 38.8 Å². The summed E-state index contributed by atoms with van der Waals surface area (Å²) in [6, 6.07) is 30.8. The normalized spacial score (nSPS) is 17.8. The number of ether oxygens (including phenoxy) is 2. The van der Waals surface area contributed by atoms with Crippen LogP contribution in [0.3, 0.4) is 0 Å². The van der Waals surface area contributed by atoms with Crippen LogP contribution in [-0.2, 0) is 33.9 Å². The summed E-state index contributed by atoms with van der Waals surface area (Å²) in [6.07, 6.45) is 4.21. The molecule has 0 heterocycles. The van der Waals surface area contributed by atoms with Gasteiger partial charge < -0.3 is 9.47 Å². The lowest BCUT2D eigenvalue weighted by Gasteiger charge is -2.32. The van der Waals surface area contributed by atoms with Crippen LogP contribution >= 0.6 is 0 Å². The lowest BCUT2D eigenvalue weighted by Crippen LogP contribution is -2.45. The molecule has 3 aromatic rings. The van der Waals surface area contributed by atoms with E-state index in [1.54, 1.807) is 0 Å². The Hall–Kier alpha value is -2.95. The molecule has 1 aliphatic carbocycles. The van der Waals surface area contributed by atoms with Gasteiger partial charge in [0.1, 0.15) is 6.61 Å². The number of nitrogens with zero attached hydrogens (tertiary/aromatic N) is 1. The summed E-state index contributed by atoms with van der Waals surface area (Å²) < 4.78 is 12.0. The molecule has 0 saturated heterocycles. The highest BCUT2D eigenvalue weighted by Crippen LogP contribution is 2.28. The summed E-state index contributed by atoms with van der Waals surface area (Å²) in [7, 11) is 0. The summed E-state index contributed by atoms with van der Waals surface area (Å²) in [4.78, 5) is 15.1. The number of esters is 1. The van der Waals surface area contributed by atoms with Crippen LogP contribution in [0.15, 0.2) is 91.0 Å². The average Bonchev–Trinajstić information content (AvgIpc) is 3.34. The quantitative estimate of drug-likeness (QED) is 0.371. The lowest BCUT2D eigenvalue weighted by atomic mass is 10.1. The largest absolute Gasteiger partial charge is 0.460 e. The minimum atomic E-state index is -0.180. The fraction of sp³-hybridized carbons (Fsp3) is 0.345. The Bertz CT molecular complexity index is 962. The third kappa shape index (κ3) is 7.28. The zero-order valence-electron chi connectivity index (χ0n) is 19.1. The van der Waals surface area contributed by atoms with E-state index in [1.165, 1.54) is 11.1 Å². The maximum absolute atomic E-state index is 12.8. The van der Waals surface area contributed by atoms with Gasteiger partial charge in [-0.2, -0.15) is 0 Å². The smallest absolute Gasteiger partial charge is 0.320 e. The van der Waals surface area contributed by atoms with E-state index in [0.29, 0.717) is 13.2 Å². The van der Waals surface area contributed by atoms with Crippen LogP contribution in [0, 0.1) is 0 Å². The maximum atomic E-state index is 12.8. The molecule has 1 aliphatic rings. The molecule has 3 aromatic carbocycles. The fourth-order valence-corrected chi connectivity index (χ4v) is 4.53. The molecule has 33 heavy (non-hydrogen) atoms. The molecular weight excluding hydrogens is 410 g/mol. The van der Waals surface area contributed by atoms with Gasteiger partial charge in [-0.3, -0.25) is 9.69 Å². The Kier molecular flexibility index (Phi) is 8.68. The van der Waals surface area contributed by atoms with E-state index in [1.807, 2.05) is 54.6 Å². The number of rotatable bonds is 11. The molecule has 4 nitrogen and oxygen atoms in total. The summed E-state index contributed by atoms with van der Waals surface area (Å²) >= 11 is 0. The van der Waals surface area contributed by atoms with Gasteiger partial charge in [-0.05, 0) is 42.4 Å². The summed E-state index contributed by atoms with van der Waals surface area (Å²) in [5.41, 5.74) is 3.47. The van der Waals surface area contributed by atoms with E-state index < -0.39 is 0 Å². The highest BCUT2D eigenvalue weighted by Gasteiger charge is 2.34. The Labute approximate surface area is 197 Å². The molecule has 0 amide bonds. The second-order valence-corrected chi connectivity index (χ2v) is 8.69. The van der Waals surface area contributed by atoms with E-state index in [-0.39, 0.29) is 24.7 Å². The molecule has 0 radical (unpaired) electrons.